The van der Waals surface area contributed by atoms with Gasteiger partial charge in [0.25, 0.3) is 0 Å². The monoisotopic (exact) mass is 297 g/mol. The molecule has 0 unspecified atom stereocenters. The van der Waals surface area contributed by atoms with Crippen molar-refractivity contribution < 1.29 is 4.39 Å². The van der Waals surface area contributed by atoms with E-state index >= 15 is 0 Å². The molecule has 90 valence electrons. The Labute approximate surface area is 108 Å². The van der Waals surface area contributed by atoms with Crippen LogP contribution in [0.25, 0.3) is 0 Å². The summed E-state index contributed by atoms with van der Waals surface area (Å²) in [4.78, 5) is 4.08. The van der Waals surface area contributed by atoms with E-state index in [1.165, 1.54) is 12.1 Å². The van der Waals surface area contributed by atoms with Crippen molar-refractivity contribution >= 4 is 21.6 Å². The third-order valence-corrected chi connectivity index (χ3v) is 3.22. The Morgan fingerprint density at radius 3 is 3.06 bits per heavy atom. The van der Waals surface area contributed by atoms with Gasteiger partial charge in [0.2, 0.25) is 0 Å². The number of benzene rings is 1. The molecule has 2 rings (SSSR count). The minimum atomic E-state index is -0.250. The molecular formula is C12H13BrFN3. The zero-order valence-electron chi connectivity index (χ0n) is 9.45. The highest BCUT2D eigenvalue weighted by Gasteiger charge is 2.04. The lowest BCUT2D eigenvalue weighted by atomic mass is 10.3. The highest BCUT2D eigenvalue weighted by molar-refractivity contribution is 9.10. The number of anilines is 1. The summed E-state index contributed by atoms with van der Waals surface area (Å²) in [6, 6.07) is 4.58. The molecule has 0 saturated heterocycles. The summed E-state index contributed by atoms with van der Waals surface area (Å²) in [5, 5.41) is 3.18. The molecule has 5 heteroatoms. The second kappa shape index (κ2) is 5.31. The first kappa shape index (κ1) is 12.1. The normalized spacial score (nSPS) is 10.5. The summed E-state index contributed by atoms with van der Waals surface area (Å²) in [7, 11) is 0. The van der Waals surface area contributed by atoms with Crippen LogP contribution in [0, 0.1) is 5.82 Å². The summed E-state index contributed by atoms with van der Waals surface area (Å²) >= 11 is 3.38. The van der Waals surface area contributed by atoms with Gasteiger partial charge in [0.05, 0.1) is 24.3 Å². The van der Waals surface area contributed by atoms with Gasteiger partial charge in [-0.05, 0) is 41.1 Å². The lowest BCUT2D eigenvalue weighted by molar-refractivity contribution is 0.628. The number of rotatable bonds is 4. The van der Waals surface area contributed by atoms with Crippen LogP contribution in [0.4, 0.5) is 10.1 Å². The van der Waals surface area contributed by atoms with Gasteiger partial charge in [0.1, 0.15) is 5.82 Å². The van der Waals surface area contributed by atoms with Crippen LogP contribution in [-0.2, 0) is 13.1 Å². The number of nitrogens with zero attached hydrogens (tertiary/aromatic N) is 2. The molecule has 0 radical (unpaired) electrons. The molecule has 0 aliphatic carbocycles. The molecule has 1 heterocycles. The first-order valence-electron chi connectivity index (χ1n) is 5.38. The van der Waals surface area contributed by atoms with E-state index in [9.17, 15) is 4.39 Å². The molecule has 3 nitrogen and oxygen atoms in total. The van der Waals surface area contributed by atoms with E-state index in [-0.39, 0.29) is 5.82 Å². The minimum absolute atomic E-state index is 0.250. The van der Waals surface area contributed by atoms with Crippen LogP contribution in [-0.4, -0.2) is 9.55 Å². The predicted octanol–water partition coefficient (Wildman–Crippen LogP) is 3.42. The Balaban J connectivity index is 2.09. The van der Waals surface area contributed by atoms with Gasteiger partial charge >= 0.3 is 0 Å². The largest absolute Gasteiger partial charge is 0.378 e. The summed E-state index contributed by atoms with van der Waals surface area (Å²) in [5.41, 5.74) is 1.82. The Bertz CT molecular complexity index is 510. The lowest BCUT2D eigenvalue weighted by Gasteiger charge is -2.10. The average molecular weight is 298 g/mol. The molecule has 17 heavy (non-hydrogen) atoms. The molecule has 0 spiro atoms. The lowest BCUT2D eigenvalue weighted by Crippen LogP contribution is -2.06. The molecule has 1 aromatic heterocycles. The zero-order chi connectivity index (χ0) is 12.3. The molecule has 0 aliphatic rings. The summed E-state index contributed by atoms with van der Waals surface area (Å²) < 4.78 is 16.0. The first-order valence-corrected chi connectivity index (χ1v) is 6.18. The topological polar surface area (TPSA) is 29.9 Å². The predicted molar refractivity (Wildman–Crippen MR) is 69.3 cm³/mol. The van der Waals surface area contributed by atoms with Gasteiger partial charge < -0.3 is 9.88 Å². The van der Waals surface area contributed by atoms with Crippen molar-refractivity contribution in [3.63, 3.8) is 0 Å². The Kier molecular flexibility index (Phi) is 3.78. The summed E-state index contributed by atoms with van der Waals surface area (Å²) in [5.74, 6) is -0.250. The van der Waals surface area contributed by atoms with E-state index in [1.54, 1.807) is 12.4 Å². The van der Waals surface area contributed by atoms with Crippen molar-refractivity contribution in [1.29, 1.82) is 0 Å². The zero-order valence-corrected chi connectivity index (χ0v) is 11.0. The van der Waals surface area contributed by atoms with Gasteiger partial charge in [-0.1, -0.05) is 0 Å². The smallest absolute Gasteiger partial charge is 0.125 e. The van der Waals surface area contributed by atoms with E-state index in [2.05, 4.69) is 33.2 Å². The quantitative estimate of drug-likeness (QED) is 0.937. The average Bonchev–Trinajstić information content (AvgIpc) is 2.77. The molecule has 0 amide bonds. The van der Waals surface area contributed by atoms with Crippen molar-refractivity contribution in [2.24, 2.45) is 0 Å². The van der Waals surface area contributed by atoms with Crippen LogP contribution in [0.15, 0.2) is 35.2 Å². The second-order valence-corrected chi connectivity index (χ2v) is 4.50. The standard InChI is InChI=1S/C12H13BrFN3/c1-2-17-8-15-6-10(17)7-16-12-5-9(14)3-4-11(12)13/h3-6,8,16H,2,7H2,1H3. The maximum Gasteiger partial charge on any atom is 0.125 e. The van der Waals surface area contributed by atoms with Crippen LogP contribution in [0.3, 0.4) is 0 Å². The first-order chi connectivity index (χ1) is 8.20. The van der Waals surface area contributed by atoms with E-state index in [1.807, 2.05) is 10.8 Å². The Hall–Kier alpha value is -1.36. The molecule has 0 atom stereocenters. The van der Waals surface area contributed by atoms with Crippen molar-refractivity contribution in [2.45, 2.75) is 20.0 Å². The number of aromatic nitrogens is 2. The van der Waals surface area contributed by atoms with Crippen molar-refractivity contribution in [3.8, 4) is 0 Å². The molecule has 1 N–H and O–H groups in total. The maximum absolute atomic E-state index is 13.1. The van der Waals surface area contributed by atoms with Gasteiger partial charge in [-0.15, -0.1) is 0 Å². The van der Waals surface area contributed by atoms with Crippen molar-refractivity contribution in [3.05, 3.63) is 46.7 Å². The number of aryl methyl sites for hydroxylation is 1. The summed E-state index contributed by atoms with van der Waals surface area (Å²) in [6.07, 6.45) is 3.60. The molecule has 0 bridgehead atoms. The fourth-order valence-electron chi connectivity index (χ4n) is 1.60. The number of hydrogen-bond acceptors (Lipinski definition) is 2. The van der Waals surface area contributed by atoms with Gasteiger partial charge in [0, 0.05) is 17.2 Å². The van der Waals surface area contributed by atoms with E-state index in [0.717, 1.165) is 22.4 Å². The second-order valence-electron chi connectivity index (χ2n) is 3.65. The van der Waals surface area contributed by atoms with Crippen LogP contribution in [0.5, 0.6) is 0 Å². The fraction of sp³-hybridized carbons (Fsp3) is 0.250. The molecular weight excluding hydrogens is 285 g/mol. The molecule has 0 fully saturated rings. The minimum Gasteiger partial charge on any atom is -0.378 e. The van der Waals surface area contributed by atoms with Crippen LogP contribution in [0.2, 0.25) is 0 Å². The Morgan fingerprint density at radius 1 is 1.47 bits per heavy atom. The van der Waals surface area contributed by atoms with Gasteiger partial charge in [0.15, 0.2) is 0 Å². The Morgan fingerprint density at radius 2 is 2.29 bits per heavy atom. The highest BCUT2D eigenvalue weighted by Crippen LogP contribution is 2.23. The van der Waals surface area contributed by atoms with Crippen molar-refractivity contribution in [2.75, 3.05) is 5.32 Å². The summed E-state index contributed by atoms with van der Waals surface area (Å²) in [6.45, 7) is 3.56. The van der Waals surface area contributed by atoms with E-state index < -0.39 is 0 Å². The third-order valence-electron chi connectivity index (χ3n) is 2.53. The van der Waals surface area contributed by atoms with Crippen LogP contribution >= 0.6 is 15.9 Å². The van der Waals surface area contributed by atoms with E-state index in [0.29, 0.717) is 6.54 Å². The number of nitrogens with one attached hydrogen (secondary N) is 1. The fourth-order valence-corrected chi connectivity index (χ4v) is 1.99. The van der Waals surface area contributed by atoms with Gasteiger partial charge in [-0.2, -0.15) is 0 Å². The van der Waals surface area contributed by atoms with E-state index in [4.69, 9.17) is 0 Å². The van der Waals surface area contributed by atoms with Gasteiger partial charge in [-0.3, -0.25) is 0 Å². The SMILES string of the molecule is CCn1cncc1CNc1cc(F)ccc1Br. The molecule has 0 saturated carbocycles. The molecule has 1 aromatic carbocycles. The molecule has 0 aliphatic heterocycles. The van der Waals surface area contributed by atoms with Gasteiger partial charge in [-0.25, -0.2) is 9.37 Å². The van der Waals surface area contributed by atoms with Crippen molar-refractivity contribution in [1.82, 2.24) is 9.55 Å². The van der Waals surface area contributed by atoms with Crippen LogP contribution < -0.4 is 5.32 Å². The molecule has 2 aromatic rings. The van der Waals surface area contributed by atoms with Crippen LogP contribution in [0.1, 0.15) is 12.6 Å². The maximum atomic E-state index is 13.1. The number of hydrogen-bond donors (Lipinski definition) is 1. The third kappa shape index (κ3) is 2.85. The number of imidazole rings is 1. The number of halogens is 2. The highest BCUT2D eigenvalue weighted by atomic mass is 79.9.